The fourth-order valence-electron chi connectivity index (χ4n) is 2.06. The molecule has 0 saturated carbocycles. The molecule has 6 nitrogen and oxygen atoms in total. The molecule has 0 aromatic heterocycles. The topological polar surface area (TPSA) is 99.4 Å². The molecule has 7 heteroatoms. The molecule has 0 bridgehead atoms. The number of anilines is 1. The first kappa shape index (κ1) is 18.0. The van der Waals surface area contributed by atoms with Crippen LogP contribution < -0.4 is 10.1 Å². The molecule has 0 unspecified atom stereocenters. The van der Waals surface area contributed by atoms with E-state index in [1.54, 1.807) is 36.4 Å². The zero-order valence-corrected chi connectivity index (χ0v) is 13.9. The number of carboxylic acids is 1. The number of ether oxygens (including phenoxy) is 1. The third-order valence-corrected chi connectivity index (χ3v) is 3.45. The quantitative estimate of drug-likeness (QED) is 0.630. The average Bonchev–Trinajstić information content (AvgIpc) is 2.59. The second kappa shape index (κ2) is 7.99. The number of aromatic carboxylic acids is 1. The number of amides is 1. The van der Waals surface area contributed by atoms with Crippen LogP contribution in [0.1, 0.15) is 15.9 Å². The normalized spacial score (nSPS) is 10.7. The van der Waals surface area contributed by atoms with Crippen molar-refractivity contribution >= 4 is 35.2 Å². The third kappa shape index (κ3) is 4.59. The minimum Gasteiger partial charge on any atom is -0.496 e. The zero-order chi connectivity index (χ0) is 18.4. The molecule has 2 N–H and O–H groups in total. The van der Waals surface area contributed by atoms with Crippen LogP contribution in [0.25, 0.3) is 6.08 Å². The molecule has 0 saturated heterocycles. The van der Waals surface area contributed by atoms with Crippen molar-refractivity contribution in [1.82, 2.24) is 0 Å². The lowest BCUT2D eigenvalue weighted by Crippen LogP contribution is -2.13. The number of hydrogen-bond donors (Lipinski definition) is 2. The molecule has 0 spiro atoms. The molecule has 0 aliphatic heterocycles. The van der Waals surface area contributed by atoms with Gasteiger partial charge >= 0.3 is 5.97 Å². The molecular weight excluding hydrogens is 344 g/mol. The van der Waals surface area contributed by atoms with Gasteiger partial charge in [-0.25, -0.2) is 4.79 Å². The fourth-order valence-corrected chi connectivity index (χ4v) is 2.25. The summed E-state index contributed by atoms with van der Waals surface area (Å²) in [6.45, 7) is 0. The van der Waals surface area contributed by atoms with Crippen LogP contribution in [0, 0.1) is 11.3 Å². The van der Waals surface area contributed by atoms with Crippen LogP contribution in [0.5, 0.6) is 5.75 Å². The SMILES string of the molecule is COc1ccc(/C=C(/C#N)C(=O)Nc2cccc(Cl)c2)cc1C(=O)O. The van der Waals surface area contributed by atoms with Gasteiger partial charge in [0.2, 0.25) is 0 Å². The molecule has 0 fully saturated rings. The summed E-state index contributed by atoms with van der Waals surface area (Å²) in [4.78, 5) is 23.5. The van der Waals surface area contributed by atoms with Crippen LogP contribution in [0.4, 0.5) is 5.69 Å². The number of nitrogens with one attached hydrogen (secondary N) is 1. The first-order valence-corrected chi connectivity index (χ1v) is 7.42. The maximum Gasteiger partial charge on any atom is 0.339 e. The first-order chi connectivity index (χ1) is 11.9. The Morgan fingerprint density at radius 2 is 2.04 bits per heavy atom. The molecule has 0 heterocycles. The summed E-state index contributed by atoms with van der Waals surface area (Å²) >= 11 is 5.85. The van der Waals surface area contributed by atoms with Crippen molar-refractivity contribution in [3.63, 3.8) is 0 Å². The summed E-state index contributed by atoms with van der Waals surface area (Å²) in [6.07, 6.45) is 1.30. The Labute approximate surface area is 148 Å². The van der Waals surface area contributed by atoms with Gasteiger partial charge in [-0.05, 0) is 42.0 Å². The Hall–Kier alpha value is -3.30. The number of benzene rings is 2. The molecule has 2 aromatic carbocycles. The van der Waals surface area contributed by atoms with E-state index in [1.807, 2.05) is 0 Å². The van der Waals surface area contributed by atoms with Gasteiger partial charge < -0.3 is 15.2 Å². The second-order valence-corrected chi connectivity index (χ2v) is 5.34. The number of hydrogen-bond acceptors (Lipinski definition) is 4. The highest BCUT2D eigenvalue weighted by molar-refractivity contribution is 6.31. The van der Waals surface area contributed by atoms with E-state index >= 15 is 0 Å². The van der Waals surface area contributed by atoms with Crippen molar-refractivity contribution in [3.8, 4) is 11.8 Å². The van der Waals surface area contributed by atoms with E-state index in [0.717, 1.165) is 0 Å². The second-order valence-electron chi connectivity index (χ2n) is 4.90. The lowest BCUT2D eigenvalue weighted by molar-refractivity contribution is -0.112. The van der Waals surface area contributed by atoms with Crippen LogP contribution in [0.15, 0.2) is 48.0 Å². The predicted molar refractivity (Wildman–Crippen MR) is 93.6 cm³/mol. The molecule has 1 amide bonds. The Kier molecular flexibility index (Phi) is 5.77. The largest absolute Gasteiger partial charge is 0.496 e. The van der Waals surface area contributed by atoms with Gasteiger partial charge in [0.05, 0.1) is 7.11 Å². The first-order valence-electron chi connectivity index (χ1n) is 7.04. The highest BCUT2D eigenvalue weighted by Crippen LogP contribution is 2.22. The smallest absolute Gasteiger partial charge is 0.339 e. The van der Waals surface area contributed by atoms with Gasteiger partial charge in [-0.15, -0.1) is 0 Å². The molecule has 0 radical (unpaired) electrons. The number of nitrogens with zero attached hydrogens (tertiary/aromatic N) is 1. The molecule has 0 aliphatic carbocycles. The van der Waals surface area contributed by atoms with Crippen molar-refractivity contribution in [2.24, 2.45) is 0 Å². The van der Waals surface area contributed by atoms with Crippen molar-refractivity contribution in [3.05, 3.63) is 64.2 Å². The predicted octanol–water partition coefficient (Wildman–Crippen LogP) is 3.59. The Balaban J connectivity index is 2.31. The number of methoxy groups -OCH3 is 1. The van der Waals surface area contributed by atoms with Crippen LogP contribution in [-0.4, -0.2) is 24.1 Å². The molecule has 0 atom stereocenters. The van der Waals surface area contributed by atoms with Crippen molar-refractivity contribution in [1.29, 1.82) is 5.26 Å². The van der Waals surface area contributed by atoms with Gasteiger partial charge in [0, 0.05) is 10.7 Å². The highest BCUT2D eigenvalue weighted by Gasteiger charge is 2.13. The van der Waals surface area contributed by atoms with E-state index in [4.69, 9.17) is 16.3 Å². The minimum absolute atomic E-state index is 0.0659. The number of rotatable bonds is 5. The lowest BCUT2D eigenvalue weighted by atomic mass is 10.1. The van der Waals surface area contributed by atoms with E-state index in [-0.39, 0.29) is 16.9 Å². The average molecular weight is 357 g/mol. The monoisotopic (exact) mass is 356 g/mol. The van der Waals surface area contributed by atoms with Gasteiger partial charge in [-0.2, -0.15) is 5.26 Å². The fraction of sp³-hybridized carbons (Fsp3) is 0.0556. The van der Waals surface area contributed by atoms with Gasteiger partial charge in [0.25, 0.3) is 5.91 Å². The van der Waals surface area contributed by atoms with Crippen molar-refractivity contribution in [2.75, 3.05) is 12.4 Å². The molecule has 126 valence electrons. The van der Waals surface area contributed by atoms with Crippen LogP contribution >= 0.6 is 11.6 Å². The third-order valence-electron chi connectivity index (χ3n) is 3.21. The van der Waals surface area contributed by atoms with E-state index in [9.17, 15) is 20.0 Å². The summed E-state index contributed by atoms with van der Waals surface area (Å²) in [6, 6.07) is 12.6. The van der Waals surface area contributed by atoms with E-state index < -0.39 is 11.9 Å². The molecule has 0 aliphatic rings. The van der Waals surface area contributed by atoms with E-state index in [1.165, 1.54) is 25.3 Å². The number of carbonyl (C=O) groups is 2. The summed E-state index contributed by atoms with van der Waals surface area (Å²) in [7, 11) is 1.36. The molecule has 2 aromatic rings. The maximum atomic E-state index is 12.2. The molecule has 2 rings (SSSR count). The number of nitriles is 1. The van der Waals surface area contributed by atoms with E-state index in [0.29, 0.717) is 16.3 Å². The Morgan fingerprint density at radius 3 is 2.64 bits per heavy atom. The van der Waals surface area contributed by atoms with Gasteiger partial charge in [0.15, 0.2) is 0 Å². The standard InChI is InChI=1S/C18H13ClN2O4/c1-25-16-6-5-11(8-15(16)18(23)24)7-12(10-20)17(22)21-14-4-2-3-13(19)9-14/h2-9H,1H3,(H,21,22)(H,23,24)/b12-7-. The summed E-state index contributed by atoms with van der Waals surface area (Å²) in [5.41, 5.74) is 0.584. The summed E-state index contributed by atoms with van der Waals surface area (Å²) in [5, 5.41) is 21.4. The van der Waals surface area contributed by atoms with Crippen LogP contribution in [-0.2, 0) is 4.79 Å². The van der Waals surface area contributed by atoms with Crippen LogP contribution in [0.3, 0.4) is 0 Å². The lowest BCUT2D eigenvalue weighted by Gasteiger charge is -2.07. The minimum atomic E-state index is -1.17. The van der Waals surface area contributed by atoms with Crippen molar-refractivity contribution in [2.45, 2.75) is 0 Å². The Bertz CT molecular complexity index is 900. The Morgan fingerprint density at radius 1 is 1.28 bits per heavy atom. The van der Waals surface area contributed by atoms with E-state index in [2.05, 4.69) is 5.32 Å². The van der Waals surface area contributed by atoms with Crippen LogP contribution in [0.2, 0.25) is 5.02 Å². The molecular formula is C18H13ClN2O4. The summed E-state index contributed by atoms with van der Waals surface area (Å²) < 4.78 is 4.97. The molecule has 25 heavy (non-hydrogen) atoms. The van der Waals surface area contributed by atoms with Gasteiger partial charge in [-0.1, -0.05) is 23.7 Å². The number of carbonyl (C=O) groups excluding carboxylic acids is 1. The highest BCUT2D eigenvalue weighted by atomic mass is 35.5. The number of carboxylic acid groups (broad SMARTS) is 1. The van der Waals surface area contributed by atoms with Crippen molar-refractivity contribution < 1.29 is 19.4 Å². The van der Waals surface area contributed by atoms with Gasteiger partial charge in [-0.3, -0.25) is 4.79 Å². The summed E-state index contributed by atoms with van der Waals surface area (Å²) in [5.74, 6) is -1.61. The van der Waals surface area contributed by atoms with Gasteiger partial charge in [0.1, 0.15) is 23.0 Å². The maximum absolute atomic E-state index is 12.2. The number of halogens is 1. The zero-order valence-electron chi connectivity index (χ0n) is 13.1.